The molecule has 5 rings (SSSR count). The van der Waals surface area contributed by atoms with Crippen LogP contribution in [0.5, 0.6) is 0 Å². The largest absolute Gasteiger partial charge is 0.416 e. The average Bonchev–Trinajstić information content (AvgIpc) is 3.01. The van der Waals surface area contributed by atoms with Crippen molar-refractivity contribution in [3.63, 3.8) is 0 Å². The molecule has 1 saturated heterocycles. The Bertz CT molecular complexity index is 1570. The van der Waals surface area contributed by atoms with Crippen LogP contribution in [0, 0.1) is 0 Å². The molecule has 1 atom stereocenters. The van der Waals surface area contributed by atoms with E-state index >= 15 is 0 Å². The minimum absolute atomic E-state index is 0.00526. The highest BCUT2D eigenvalue weighted by Gasteiger charge is 2.36. The number of piperazine rings is 1. The Hall–Kier alpha value is -4.72. The minimum Gasteiger partial charge on any atom is -0.332 e. The number of nitrogens with zero attached hydrogens (tertiary/aromatic N) is 2. The lowest BCUT2D eigenvalue weighted by atomic mass is 9.98. The van der Waals surface area contributed by atoms with Gasteiger partial charge < -0.3 is 9.80 Å². The summed E-state index contributed by atoms with van der Waals surface area (Å²) in [5.74, 6) is -0.941. The zero-order chi connectivity index (χ0) is 29.7. The van der Waals surface area contributed by atoms with Crippen molar-refractivity contribution in [3.05, 3.63) is 143 Å². The lowest BCUT2D eigenvalue weighted by Crippen LogP contribution is -2.57. The van der Waals surface area contributed by atoms with Crippen LogP contribution in [0.4, 0.5) is 13.2 Å². The van der Waals surface area contributed by atoms with E-state index in [4.69, 9.17) is 0 Å². The number of carbonyl (C=O) groups excluding carboxylic acids is 3. The second-order valence-corrected chi connectivity index (χ2v) is 10.4. The molecule has 0 N–H and O–H groups in total. The van der Waals surface area contributed by atoms with Crippen LogP contribution in [0.1, 0.15) is 49.4 Å². The van der Waals surface area contributed by atoms with E-state index in [0.29, 0.717) is 29.5 Å². The minimum atomic E-state index is -4.49. The van der Waals surface area contributed by atoms with Crippen molar-refractivity contribution in [1.29, 1.82) is 0 Å². The van der Waals surface area contributed by atoms with Crippen LogP contribution < -0.4 is 0 Å². The van der Waals surface area contributed by atoms with Gasteiger partial charge >= 0.3 is 6.18 Å². The van der Waals surface area contributed by atoms with Gasteiger partial charge in [0.05, 0.1) is 11.6 Å². The number of aryl methyl sites for hydroxylation is 1. The highest BCUT2D eigenvalue weighted by molar-refractivity contribution is 6.10. The van der Waals surface area contributed by atoms with Gasteiger partial charge in [-0.05, 0) is 48.2 Å². The van der Waals surface area contributed by atoms with Gasteiger partial charge in [0.15, 0.2) is 5.78 Å². The van der Waals surface area contributed by atoms with Crippen LogP contribution in [0.2, 0.25) is 0 Å². The zero-order valence-electron chi connectivity index (χ0n) is 22.8. The van der Waals surface area contributed by atoms with Crippen molar-refractivity contribution in [2.24, 2.45) is 0 Å². The fraction of sp³-hybridized carbons (Fsp3) is 0.206. The first-order valence-electron chi connectivity index (χ1n) is 13.7. The summed E-state index contributed by atoms with van der Waals surface area (Å²) in [4.78, 5) is 43.1. The Kier molecular flexibility index (Phi) is 8.52. The maximum atomic E-state index is 13.6. The first kappa shape index (κ1) is 28.8. The molecule has 0 aromatic heterocycles. The molecule has 0 bridgehead atoms. The number of rotatable bonds is 8. The molecule has 0 spiro atoms. The number of carbonyl (C=O) groups is 3. The molecule has 5 nitrogen and oxygen atoms in total. The van der Waals surface area contributed by atoms with E-state index in [1.54, 1.807) is 53.4 Å². The summed E-state index contributed by atoms with van der Waals surface area (Å²) < 4.78 is 40.0. The monoisotopic (exact) mass is 570 g/mol. The maximum absolute atomic E-state index is 13.6. The van der Waals surface area contributed by atoms with Crippen LogP contribution in [0.25, 0.3) is 0 Å². The third kappa shape index (κ3) is 6.77. The van der Waals surface area contributed by atoms with Crippen molar-refractivity contribution < 1.29 is 27.6 Å². The van der Waals surface area contributed by atoms with Gasteiger partial charge in [-0.2, -0.15) is 13.2 Å². The van der Waals surface area contributed by atoms with Crippen LogP contribution in [-0.2, 0) is 23.9 Å². The van der Waals surface area contributed by atoms with Gasteiger partial charge in [-0.25, -0.2) is 0 Å². The van der Waals surface area contributed by atoms with Crippen LogP contribution in [0.15, 0.2) is 109 Å². The molecule has 4 aromatic rings. The van der Waals surface area contributed by atoms with Crippen molar-refractivity contribution in [2.45, 2.75) is 31.6 Å². The van der Waals surface area contributed by atoms with E-state index < -0.39 is 17.8 Å². The highest BCUT2D eigenvalue weighted by Crippen LogP contribution is 2.30. The third-order valence-corrected chi connectivity index (χ3v) is 7.43. The average molecular weight is 571 g/mol. The zero-order valence-corrected chi connectivity index (χ0v) is 22.8. The van der Waals surface area contributed by atoms with Crippen molar-refractivity contribution >= 4 is 17.6 Å². The Morgan fingerprint density at radius 2 is 1.36 bits per heavy atom. The predicted octanol–water partition coefficient (Wildman–Crippen LogP) is 6.42. The lowest BCUT2D eigenvalue weighted by molar-refractivity contribution is -0.139. The number of hydrogen-bond acceptors (Lipinski definition) is 3. The number of amides is 2. The second-order valence-electron chi connectivity index (χ2n) is 10.4. The van der Waals surface area contributed by atoms with E-state index in [2.05, 4.69) is 0 Å². The second kappa shape index (κ2) is 12.4. The Morgan fingerprint density at radius 1 is 0.738 bits per heavy atom. The number of hydrogen-bond donors (Lipinski definition) is 0. The molecule has 1 heterocycles. The lowest BCUT2D eigenvalue weighted by Gasteiger charge is -2.41. The summed E-state index contributed by atoms with van der Waals surface area (Å²) in [7, 11) is 0. The number of halogens is 3. The molecule has 4 aromatic carbocycles. The number of alkyl halides is 3. The smallest absolute Gasteiger partial charge is 0.332 e. The molecule has 1 aliphatic rings. The quantitative estimate of drug-likeness (QED) is 0.230. The summed E-state index contributed by atoms with van der Waals surface area (Å²) >= 11 is 0. The predicted molar refractivity (Wildman–Crippen MR) is 153 cm³/mol. The van der Waals surface area contributed by atoms with Gasteiger partial charge in [-0.15, -0.1) is 0 Å². The van der Waals surface area contributed by atoms with Gasteiger partial charge in [-0.3, -0.25) is 14.4 Å². The molecule has 0 unspecified atom stereocenters. The number of ketones is 1. The Morgan fingerprint density at radius 3 is 2.07 bits per heavy atom. The first-order chi connectivity index (χ1) is 20.2. The fourth-order valence-corrected chi connectivity index (χ4v) is 5.25. The van der Waals surface area contributed by atoms with Crippen LogP contribution >= 0.6 is 0 Å². The number of benzene rings is 4. The summed E-state index contributed by atoms with van der Waals surface area (Å²) in [6.45, 7) is 0.00895. The normalized spacial score (nSPS) is 15.5. The van der Waals surface area contributed by atoms with Gasteiger partial charge in [0.25, 0.3) is 5.91 Å². The van der Waals surface area contributed by atoms with Crippen molar-refractivity contribution in [2.75, 3.05) is 13.1 Å². The molecule has 0 aliphatic carbocycles. The highest BCUT2D eigenvalue weighted by atomic mass is 19.4. The summed E-state index contributed by atoms with van der Waals surface area (Å²) in [6.07, 6.45) is -3.35. The van der Waals surface area contributed by atoms with Crippen LogP contribution in [0.3, 0.4) is 0 Å². The molecule has 0 radical (unpaired) electrons. The molecule has 1 aliphatic heterocycles. The SMILES string of the molecule is O=C(c1ccccc1)c1cccc(C(=O)N2CC(=O)N(Cc3cccc(C(F)(F)F)c3)[C@@H](CCc3ccccc3)C2)c1. The molecular formula is C34H29F3N2O3. The van der Waals surface area contributed by atoms with Crippen LogP contribution in [-0.4, -0.2) is 46.5 Å². The molecule has 214 valence electrons. The van der Waals surface area contributed by atoms with E-state index in [-0.39, 0.29) is 42.8 Å². The summed E-state index contributed by atoms with van der Waals surface area (Å²) in [5.41, 5.74) is 1.81. The van der Waals surface area contributed by atoms with Gasteiger partial charge in [0.1, 0.15) is 6.54 Å². The summed E-state index contributed by atoms with van der Waals surface area (Å²) in [6, 6.07) is 29.4. The Labute approximate surface area is 242 Å². The standard InChI is InChI=1S/C34H29F3N2O3/c35-34(36,37)29-16-7-11-25(19-29)21-39-30(18-17-24-9-3-1-4-10-24)22-38(23-31(39)40)33(42)28-15-8-14-27(20-28)32(41)26-12-5-2-6-13-26/h1-16,19-20,30H,17-18,21-23H2/t30-/m0/s1. The summed E-state index contributed by atoms with van der Waals surface area (Å²) in [5, 5.41) is 0. The van der Waals surface area contributed by atoms with Gasteiger partial charge in [0, 0.05) is 29.8 Å². The van der Waals surface area contributed by atoms with Gasteiger partial charge in [0.2, 0.25) is 5.91 Å². The van der Waals surface area contributed by atoms with E-state index in [0.717, 1.165) is 17.7 Å². The molecule has 1 fully saturated rings. The van der Waals surface area contributed by atoms with Crippen molar-refractivity contribution in [3.8, 4) is 0 Å². The van der Waals surface area contributed by atoms with Gasteiger partial charge in [-0.1, -0.05) is 84.9 Å². The topological polar surface area (TPSA) is 57.7 Å². The molecule has 42 heavy (non-hydrogen) atoms. The maximum Gasteiger partial charge on any atom is 0.416 e. The first-order valence-corrected chi connectivity index (χ1v) is 13.7. The molecule has 8 heteroatoms. The third-order valence-electron chi connectivity index (χ3n) is 7.43. The molecular weight excluding hydrogens is 541 g/mol. The Balaban J connectivity index is 1.37. The van der Waals surface area contributed by atoms with E-state index in [1.807, 2.05) is 36.4 Å². The van der Waals surface area contributed by atoms with Crippen molar-refractivity contribution in [1.82, 2.24) is 9.80 Å². The van der Waals surface area contributed by atoms with E-state index in [9.17, 15) is 27.6 Å². The molecule has 0 saturated carbocycles. The molecule has 2 amide bonds. The fourth-order valence-electron chi connectivity index (χ4n) is 5.25. The van der Waals surface area contributed by atoms with E-state index in [1.165, 1.54) is 17.0 Å².